The van der Waals surface area contributed by atoms with E-state index in [0.29, 0.717) is 0 Å². The molecule has 3 nitrogen and oxygen atoms in total. The third kappa shape index (κ3) is 0.932. The molecule has 0 amide bonds. The van der Waals surface area contributed by atoms with Gasteiger partial charge >= 0.3 is 0 Å². The molecule has 3 heteroatoms. The van der Waals surface area contributed by atoms with Gasteiger partial charge in [-0.25, -0.2) is 4.98 Å². The summed E-state index contributed by atoms with van der Waals surface area (Å²) in [5, 5.41) is 0. The average Bonchev–Trinajstić information content (AvgIpc) is 2.38. The van der Waals surface area contributed by atoms with Gasteiger partial charge in [-0.05, 0) is 0 Å². The number of aromatic nitrogens is 2. The lowest BCUT2D eigenvalue weighted by Crippen LogP contribution is -1.93. The molecule has 0 aliphatic carbocycles. The zero-order valence-corrected chi connectivity index (χ0v) is 4.11. The molecule has 0 spiro atoms. The van der Waals surface area contributed by atoms with Crippen molar-refractivity contribution < 1.29 is 7.54 Å². The average molecular weight is 112 g/mol. The summed E-state index contributed by atoms with van der Waals surface area (Å²) in [4.78, 5) is 13.7. The van der Waals surface area contributed by atoms with Crippen LogP contribution in [0.5, 0.6) is 0 Å². The summed E-state index contributed by atoms with van der Waals surface area (Å²) >= 11 is 0. The Kier molecular flexibility index (Phi) is 0.850. The fourth-order valence-electron chi connectivity index (χ4n) is 0.396. The van der Waals surface area contributed by atoms with Crippen molar-refractivity contribution in [2.75, 3.05) is 0 Å². The molecule has 0 bridgehead atoms. The number of aldehydes is 1. The van der Waals surface area contributed by atoms with Crippen LogP contribution in [0.25, 0.3) is 0 Å². The quantitative estimate of drug-likeness (QED) is 0.508. The van der Waals surface area contributed by atoms with E-state index in [2.05, 4.69) is 4.98 Å². The topological polar surface area (TPSA) is 34.9 Å². The standard InChI is InChI=1S/C5H6N2O/c8-4-3-7-2-1-6-5-7/h1-2,4-5H,3H2/i3D2. The molecule has 0 aliphatic heterocycles. The highest BCUT2D eigenvalue weighted by Crippen LogP contribution is 1.80. The van der Waals surface area contributed by atoms with Crippen LogP contribution < -0.4 is 0 Å². The maximum Gasteiger partial charge on any atom is 0.139 e. The molecule has 0 fully saturated rings. The lowest BCUT2D eigenvalue weighted by molar-refractivity contribution is -0.108. The Balaban J connectivity index is 2.95. The van der Waals surface area contributed by atoms with Crippen LogP contribution in [0.4, 0.5) is 0 Å². The monoisotopic (exact) mass is 112 g/mol. The zero-order valence-electron chi connectivity index (χ0n) is 6.11. The maximum atomic E-state index is 10.1. The van der Waals surface area contributed by atoms with Crippen LogP contribution in [0.1, 0.15) is 2.74 Å². The second kappa shape index (κ2) is 2.26. The summed E-state index contributed by atoms with van der Waals surface area (Å²) in [7, 11) is 0. The first-order valence-corrected chi connectivity index (χ1v) is 2.11. The van der Waals surface area contributed by atoms with E-state index in [1.807, 2.05) is 0 Å². The van der Waals surface area contributed by atoms with Crippen molar-refractivity contribution >= 4 is 6.29 Å². The van der Waals surface area contributed by atoms with Crippen molar-refractivity contribution in [1.82, 2.24) is 9.55 Å². The zero-order chi connectivity index (χ0) is 7.61. The number of hydrogen-bond acceptors (Lipinski definition) is 2. The van der Waals surface area contributed by atoms with Crippen LogP contribution in [-0.2, 0) is 11.3 Å². The summed E-state index contributed by atoms with van der Waals surface area (Å²) in [5.41, 5.74) is 0. The molecule has 1 aromatic rings. The first kappa shape index (κ1) is 3.02. The Morgan fingerprint density at radius 2 is 2.88 bits per heavy atom. The summed E-state index contributed by atoms with van der Waals surface area (Å²) < 4.78 is 15.2. The molecule has 1 rings (SSSR count). The SMILES string of the molecule is [2H]C([2H])(C=O)n1ccnc1. The molecule has 0 saturated heterocycles. The van der Waals surface area contributed by atoms with Gasteiger partial charge in [-0.3, -0.25) is 0 Å². The minimum atomic E-state index is -1.96. The molecule has 1 heterocycles. The predicted octanol–water partition coefficient (Wildman–Crippen LogP) is 0.0820. The molecule has 0 unspecified atom stereocenters. The van der Waals surface area contributed by atoms with Crippen molar-refractivity contribution in [2.24, 2.45) is 0 Å². The lowest BCUT2D eigenvalue weighted by Gasteiger charge is -1.87. The highest BCUT2D eigenvalue weighted by Gasteiger charge is 1.81. The fourth-order valence-corrected chi connectivity index (χ4v) is 0.396. The van der Waals surface area contributed by atoms with Crippen LogP contribution in [0, 0.1) is 0 Å². The molecule has 0 saturated carbocycles. The minimum absolute atomic E-state index is 0.231. The number of nitrogens with zero attached hydrogens (tertiary/aromatic N) is 2. The third-order valence-corrected chi connectivity index (χ3v) is 0.706. The van der Waals surface area contributed by atoms with E-state index in [4.69, 9.17) is 2.74 Å². The van der Waals surface area contributed by atoms with E-state index >= 15 is 0 Å². The smallest absolute Gasteiger partial charge is 0.139 e. The van der Waals surface area contributed by atoms with Crippen LogP contribution >= 0.6 is 0 Å². The largest absolute Gasteiger partial charge is 0.330 e. The van der Waals surface area contributed by atoms with Crippen molar-refractivity contribution in [3.63, 3.8) is 0 Å². The van der Waals surface area contributed by atoms with E-state index in [1.165, 1.54) is 18.7 Å². The summed E-state index contributed by atoms with van der Waals surface area (Å²) in [6.07, 6.45) is 4.30. The van der Waals surface area contributed by atoms with E-state index in [1.54, 1.807) is 0 Å². The Bertz CT molecular complexity index is 220. The predicted molar refractivity (Wildman–Crippen MR) is 28.3 cm³/mol. The normalized spacial score (nSPS) is 14.5. The van der Waals surface area contributed by atoms with Gasteiger partial charge in [0.2, 0.25) is 0 Å². The van der Waals surface area contributed by atoms with E-state index in [0.717, 1.165) is 4.57 Å². The highest BCUT2D eigenvalue weighted by molar-refractivity contribution is 5.48. The first-order chi connectivity index (χ1) is 4.67. The molecular weight excluding hydrogens is 104 g/mol. The van der Waals surface area contributed by atoms with Gasteiger partial charge in [0.25, 0.3) is 0 Å². The van der Waals surface area contributed by atoms with Crippen molar-refractivity contribution in [2.45, 2.75) is 6.50 Å². The van der Waals surface area contributed by atoms with Gasteiger partial charge in [-0.2, -0.15) is 0 Å². The molecule has 42 valence electrons. The number of rotatable bonds is 2. The van der Waals surface area contributed by atoms with E-state index < -0.39 is 6.50 Å². The van der Waals surface area contributed by atoms with Gasteiger partial charge in [0, 0.05) is 12.4 Å². The van der Waals surface area contributed by atoms with Crippen LogP contribution in [0.2, 0.25) is 0 Å². The summed E-state index contributed by atoms with van der Waals surface area (Å²) in [6, 6.07) is 0. The number of carbonyl (C=O) groups excluding carboxylic acids is 1. The first-order valence-electron chi connectivity index (χ1n) is 3.11. The van der Waals surface area contributed by atoms with Crippen LogP contribution in [-0.4, -0.2) is 15.8 Å². The minimum Gasteiger partial charge on any atom is -0.330 e. The molecule has 0 N–H and O–H groups in total. The second-order valence-electron chi connectivity index (χ2n) is 1.22. The molecule has 0 aliphatic rings. The van der Waals surface area contributed by atoms with E-state index in [-0.39, 0.29) is 6.29 Å². The van der Waals surface area contributed by atoms with Gasteiger partial charge in [0.1, 0.15) is 6.29 Å². The molecule has 8 heavy (non-hydrogen) atoms. The molecule has 0 radical (unpaired) electrons. The highest BCUT2D eigenvalue weighted by atomic mass is 16.1. The van der Waals surface area contributed by atoms with E-state index in [9.17, 15) is 4.79 Å². The Morgan fingerprint density at radius 1 is 2.00 bits per heavy atom. The van der Waals surface area contributed by atoms with Gasteiger partial charge in [0.15, 0.2) is 0 Å². The Hall–Kier alpha value is -1.12. The fraction of sp³-hybridized carbons (Fsp3) is 0.200. The summed E-state index contributed by atoms with van der Waals surface area (Å²) in [5.74, 6) is 0. The van der Waals surface area contributed by atoms with Crippen molar-refractivity contribution in [3.8, 4) is 0 Å². The molecule has 0 aromatic carbocycles. The number of imidazole rings is 1. The maximum absolute atomic E-state index is 10.1. The van der Waals surface area contributed by atoms with Crippen molar-refractivity contribution in [3.05, 3.63) is 18.7 Å². The van der Waals surface area contributed by atoms with Crippen molar-refractivity contribution in [1.29, 1.82) is 0 Å². The van der Waals surface area contributed by atoms with Gasteiger partial charge in [-0.15, -0.1) is 0 Å². The molecular formula is C5H6N2O. The van der Waals surface area contributed by atoms with Gasteiger partial charge in [-0.1, -0.05) is 0 Å². The van der Waals surface area contributed by atoms with Gasteiger partial charge < -0.3 is 9.36 Å². The molecule has 1 aromatic heterocycles. The Morgan fingerprint density at radius 3 is 3.38 bits per heavy atom. The third-order valence-electron chi connectivity index (χ3n) is 0.706. The van der Waals surface area contributed by atoms with Gasteiger partial charge in [0.05, 0.1) is 15.6 Å². The Labute approximate surface area is 49.8 Å². The van der Waals surface area contributed by atoms with Crippen LogP contribution in [0.3, 0.4) is 0 Å². The number of hydrogen-bond donors (Lipinski definition) is 0. The second-order valence-corrected chi connectivity index (χ2v) is 1.22. The van der Waals surface area contributed by atoms with Crippen LogP contribution in [0.15, 0.2) is 18.7 Å². The number of carbonyl (C=O) groups is 1. The summed E-state index contributed by atoms with van der Waals surface area (Å²) in [6.45, 7) is -1.96. The molecule has 0 atom stereocenters. The lowest BCUT2D eigenvalue weighted by atomic mass is 10.7.